The molecule has 3 aromatic carbocycles. The van der Waals surface area contributed by atoms with Gasteiger partial charge >= 0.3 is 23.8 Å². The standard InChI is InChI=1S/C44H27N7O6/c1-49-36(27-47)40(29-17-21-31(22-18-29)42(52)55-3)33(25-45)11-8-9-15-38-44(54)57-39(51(38)35-13-6-5-7-14-35)16-10-12-34(26-46)41(37(28-48)50-2)30-19-23-32(24-20-30)43(53)56-4/h5-24,54H,3-4H3/b11-8+,15-9+,16-10+,34-12+,40-33+,41-37+. The Morgan fingerprint density at radius 2 is 1.39 bits per heavy atom. The first-order chi connectivity index (χ1) is 27.7. The van der Waals surface area contributed by atoms with E-state index in [4.69, 9.17) is 27.0 Å². The Morgan fingerprint density at radius 3 is 1.89 bits per heavy atom. The van der Waals surface area contributed by atoms with Crippen molar-refractivity contribution in [3.63, 3.8) is 0 Å². The fourth-order valence-corrected chi connectivity index (χ4v) is 5.28. The summed E-state index contributed by atoms with van der Waals surface area (Å²) in [6, 6.07) is 27.9. The van der Waals surface area contributed by atoms with Gasteiger partial charge in [-0.25, -0.2) is 35.1 Å². The average molecular weight is 750 g/mol. The highest BCUT2D eigenvalue weighted by Gasteiger charge is 2.27. The molecule has 13 nitrogen and oxygen atoms in total. The van der Waals surface area contributed by atoms with Crippen LogP contribution in [0.5, 0.6) is 5.95 Å². The second kappa shape index (κ2) is 19.6. The SMILES string of the molecule is [C-]#[N+]/C(C#N)=C(/C(C#N)=C/C=C/c1oc(O)c(/C=C/C=C/C(C#N)=C(/c2ccc(C(=O)OC)cc2)[C-](C#N)[N+]#[C-])[n+]1-c1ccccc1)c1ccc(C(=O)OC)cc1. The van der Waals surface area contributed by atoms with E-state index < -0.39 is 17.9 Å². The van der Waals surface area contributed by atoms with E-state index in [2.05, 4.69) is 9.69 Å². The zero-order chi connectivity index (χ0) is 41.3. The Bertz CT molecular complexity index is 2610. The molecule has 0 aliphatic carbocycles. The van der Waals surface area contributed by atoms with Gasteiger partial charge in [0.1, 0.15) is 0 Å². The number of oxazole rings is 1. The predicted octanol–water partition coefficient (Wildman–Crippen LogP) is 7.67. The van der Waals surface area contributed by atoms with Crippen molar-refractivity contribution < 1.29 is 33.2 Å². The molecule has 1 heterocycles. The molecule has 57 heavy (non-hydrogen) atoms. The Balaban J connectivity index is 1.77. The number of esters is 2. The van der Waals surface area contributed by atoms with Crippen LogP contribution >= 0.6 is 0 Å². The summed E-state index contributed by atoms with van der Waals surface area (Å²) in [7, 11) is 2.47. The minimum atomic E-state index is -0.585. The van der Waals surface area contributed by atoms with Crippen LogP contribution in [0.1, 0.15) is 43.4 Å². The number of aromatic hydroxyl groups is 1. The van der Waals surface area contributed by atoms with Crippen LogP contribution in [-0.2, 0) is 9.47 Å². The fourth-order valence-electron chi connectivity index (χ4n) is 5.28. The average Bonchev–Trinajstić information content (AvgIpc) is 3.57. The highest BCUT2D eigenvalue weighted by molar-refractivity contribution is 5.93. The molecule has 274 valence electrons. The summed E-state index contributed by atoms with van der Waals surface area (Å²) in [6.45, 7) is 15.1. The summed E-state index contributed by atoms with van der Waals surface area (Å²) in [4.78, 5) is 30.4. The van der Waals surface area contributed by atoms with E-state index >= 15 is 0 Å². The molecule has 0 aliphatic rings. The number of hydrogen-bond donors (Lipinski definition) is 1. The van der Waals surface area contributed by atoms with Gasteiger partial charge in [0.25, 0.3) is 11.4 Å². The van der Waals surface area contributed by atoms with Crippen LogP contribution in [0.15, 0.2) is 131 Å². The maximum atomic E-state index is 11.9. The second-order valence-electron chi connectivity index (χ2n) is 11.1. The highest BCUT2D eigenvalue weighted by atomic mass is 16.5. The van der Waals surface area contributed by atoms with Crippen LogP contribution in [0.2, 0.25) is 0 Å². The highest BCUT2D eigenvalue weighted by Crippen LogP contribution is 2.31. The quantitative estimate of drug-likeness (QED) is 0.0494. The Kier molecular flexibility index (Phi) is 14.0. The number of benzene rings is 3. The molecule has 0 spiro atoms. The molecule has 0 atom stereocenters. The van der Waals surface area contributed by atoms with Crippen molar-refractivity contribution in [2.75, 3.05) is 14.2 Å². The van der Waals surface area contributed by atoms with Gasteiger partial charge in [0, 0.05) is 23.8 Å². The van der Waals surface area contributed by atoms with Crippen molar-refractivity contribution in [3.05, 3.63) is 189 Å². The monoisotopic (exact) mass is 749 g/mol. The van der Waals surface area contributed by atoms with Crippen molar-refractivity contribution in [1.29, 1.82) is 21.0 Å². The molecular weight excluding hydrogens is 723 g/mol. The number of ether oxygens (including phenoxy) is 2. The van der Waals surface area contributed by atoms with E-state index in [0.29, 0.717) is 16.8 Å². The topological polar surface area (TPSA) is 194 Å². The summed E-state index contributed by atoms with van der Waals surface area (Å²) in [6.07, 6.45) is 10.1. The summed E-state index contributed by atoms with van der Waals surface area (Å²) in [5.74, 6) is -1.55. The number of carbonyl (C=O) groups is 2. The van der Waals surface area contributed by atoms with E-state index in [0.717, 1.165) is 0 Å². The van der Waals surface area contributed by atoms with E-state index in [1.54, 1.807) is 34.9 Å². The van der Waals surface area contributed by atoms with Gasteiger partial charge in [-0.3, -0.25) is 0 Å². The normalized spacial score (nSPS) is 11.9. The summed E-state index contributed by atoms with van der Waals surface area (Å²) in [5.41, 5.74) is 1.54. The van der Waals surface area contributed by atoms with Gasteiger partial charge in [-0.1, -0.05) is 66.3 Å². The lowest BCUT2D eigenvalue weighted by atomic mass is 9.93. The maximum absolute atomic E-state index is 11.9. The van der Waals surface area contributed by atoms with Gasteiger partial charge < -0.3 is 19.0 Å². The molecule has 0 aliphatic heterocycles. The van der Waals surface area contributed by atoms with Crippen LogP contribution in [0.3, 0.4) is 0 Å². The van der Waals surface area contributed by atoms with Crippen molar-refractivity contribution >= 4 is 35.2 Å². The van der Waals surface area contributed by atoms with Gasteiger partial charge in [-0.05, 0) is 29.8 Å². The van der Waals surface area contributed by atoms with Crippen molar-refractivity contribution in [3.8, 4) is 35.9 Å². The molecule has 0 fully saturated rings. The molecule has 0 radical (unpaired) electrons. The molecule has 4 rings (SSSR count). The molecule has 0 saturated heterocycles. The zero-order valence-electron chi connectivity index (χ0n) is 30.2. The number of methoxy groups -OCH3 is 2. The van der Waals surface area contributed by atoms with Crippen molar-refractivity contribution in [1.82, 2.24) is 0 Å². The first-order valence-electron chi connectivity index (χ1n) is 16.3. The zero-order valence-corrected chi connectivity index (χ0v) is 30.2. The third kappa shape index (κ3) is 9.46. The number of hydrogen-bond acceptors (Lipinski definition) is 10. The van der Waals surface area contributed by atoms with Gasteiger partial charge in [-0.15, -0.1) is 28.3 Å². The molecule has 13 heteroatoms. The van der Waals surface area contributed by atoms with E-state index in [-0.39, 0.29) is 56.7 Å². The fraction of sp³-hybridized carbons (Fsp3) is 0.0455. The van der Waals surface area contributed by atoms with E-state index in [9.17, 15) is 35.7 Å². The lowest BCUT2D eigenvalue weighted by Crippen LogP contribution is -2.34. The Hall–Kier alpha value is -9.14. The molecule has 0 unspecified atom stereocenters. The van der Waals surface area contributed by atoms with Crippen LogP contribution in [0, 0.1) is 64.5 Å². The minimum absolute atomic E-state index is 0.0281. The largest absolute Gasteiger partial charge is 0.476 e. The third-order valence-corrected chi connectivity index (χ3v) is 7.90. The first kappa shape index (κ1) is 40.6. The van der Waals surface area contributed by atoms with Crippen LogP contribution in [0.25, 0.3) is 38.7 Å². The number of rotatable bonds is 12. The van der Waals surface area contributed by atoms with Crippen LogP contribution in [-0.4, -0.2) is 31.3 Å². The van der Waals surface area contributed by atoms with Crippen molar-refractivity contribution in [2.24, 2.45) is 0 Å². The Labute approximate surface area is 327 Å². The third-order valence-electron chi connectivity index (χ3n) is 7.90. The Morgan fingerprint density at radius 1 is 0.789 bits per heavy atom. The number of para-hydroxylation sites is 1. The van der Waals surface area contributed by atoms with Gasteiger partial charge in [0.15, 0.2) is 0 Å². The number of allylic oxidation sites excluding steroid dienone is 9. The van der Waals surface area contributed by atoms with Crippen molar-refractivity contribution in [2.45, 2.75) is 0 Å². The summed E-state index contributed by atoms with van der Waals surface area (Å²) in [5, 5.41) is 50.5. The molecule has 1 aromatic heterocycles. The first-order valence-corrected chi connectivity index (χ1v) is 16.3. The van der Waals surface area contributed by atoms with E-state index in [1.807, 2.05) is 24.3 Å². The number of nitriles is 4. The smallest absolute Gasteiger partial charge is 0.382 e. The molecule has 4 aromatic rings. The summed E-state index contributed by atoms with van der Waals surface area (Å²) < 4.78 is 16.7. The van der Waals surface area contributed by atoms with Crippen LogP contribution in [0.4, 0.5) is 0 Å². The predicted molar refractivity (Wildman–Crippen MR) is 205 cm³/mol. The summed E-state index contributed by atoms with van der Waals surface area (Å²) >= 11 is 0. The number of carbonyl (C=O) groups excluding carboxylic acids is 2. The number of nitrogens with zero attached hydrogens (tertiary/aromatic N) is 7. The number of aromatic nitrogens is 1. The van der Waals surface area contributed by atoms with E-state index in [1.165, 1.54) is 105 Å². The van der Waals surface area contributed by atoms with Crippen LogP contribution < -0.4 is 4.57 Å². The van der Waals surface area contributed by atoms with Gasteiger partial charge in [0.2, 0.25) is 11.7 Å². The molecule has 0 saturated carbocycles. The second-order valence-corrected chi connectivity index (χ2v) is 11.1. The van der Waals surface area contributed by atoms with Gasteiger partial charge in [-0.2, -0.15) is 10.8 Å². The lowest BCUT2D eigenvalue weighted by molar-refractivity contribution is -0.603. The molecular formula is C44H27N7O6. The molecule has 1 N–H and O–H groups in total. The lowest BCUT2D eigenvalue weighted by Gasteiger charge is -2.20. The molecule has 0 bridgehead atoms. The van der Waals surface area contributed by atoms with Gasteiger partial charge in [0.05, 0.1) is 68.3 Å². The maximum Gasteiger partial charge on any atom is 0.382 e. The minimum Gasteiger partial charge on any atom is -0.476 e. The molecule has 0 amide bonds.